The number of amides is 2. The number of carbonyl (C=O) groups excluding carboxylic acids is 2. The first-order valence-corrected chi connectivity index (χ1v) is 8.31. The van der Waals surface area contributed by atoms with E-state index in [2.05, 4.69) is 21.2 Å². The van der Waals surface area contributed by atoms with Gasteiger partial charge in [-0.05, 0) is 77.4 Å². The third kappa shape index (κ3) is 2.92. The standard InChI is InChI=1S/C17H13BrN2O3S/c1-9-4-3-5-13(10(9)2)20-16(22)12(15(21)19-17(20)24)8-11-6-7-14(18)23-11/h3-8H,1-2H3,(H,19,21,24)/b12-8+. The Morgan fingerprint density at radius 3 is 2.62 bits per heavy atom. The number of benzene rings is 1. The average molecular weight is 405 g/mol. The zero-order valence-electron chi connectivity index (χ0n) is 12.9. The van der Waals surface area contributed by atoms with Gasteiger partial charge in [0.05, 0.1) is 5.69 Å². The molecule has 0 radical (unpaired) electrons. The third-order valence-electron chi connectivity index (χ3n) is 3.80. The summed E-state index contributed by atoms with van der Waals surface area (Å²) < 4.78 is 5.86. The van der Waals surface area contributed by atoms with Gasteiger partial charge in [-0.2, -0.15) is 0 Å². The van der Waals surface area contributed by atoms with Crippen molar-refractivity contribution in [3.05, 3.63) is 57.5 Å². The Morgan fingerprint density at radius 2 is 1.96 bits per heavy atom. The smallest absolute Gasteiger partial charge is 0.270 e. The second-order valence-electron chi connectivity index (χ2n) is 5.32. The van der Waals surface area contributed by atoms with E-state index in [4.69, 9.17) is 16.6 Å². The summed E-state index contributed by atoms with van der Waals surface area (Å²) in [5.74, 6) is -0.627. The van der Waals surface area contributed by atoms with Crippen molar-refractivity contribution in [2.75, 3.05) is 4.90 Å². The molecule has 7 heteroatoms. The molecule has 1 aromatic heterocycles. The first kappa shape index (κ1) is 16.6. The minimum absolute atomic E-state index is 0.0358. The predicted octanol–water partition coefficient (Wildman–Crippen LogP) is 3.49. The number of anilines is 1. The van der Waals surface area contributed by atoms with Gasteiger partial charge in [-0.1, -0.05) is 12.1 Å². The van der Waals surface area contributed by atoms with Crippen molar-refractivity contribution < 1.29 is 14.0 Å². The molecule has 3 rings (SSSR count). The molecule has 24 heavy (non-hydrogen) atoms. The Morgan fingerprint density at radius 1 is 1.21 bits per heavy atom. The Hall–Kier alpha value is -2.25. The van der Waals surface area contributed by atoms with Crippen LogP contribution < -0.4 is 10.2 Å². The summed E-state index contributed by atoms with van der Waals surface area (Å²) in [5, 5.41) is 2.62. The van der Waals surface area contributed by atoms with Gasteiger partial charge in [-0.3, -0.25) is 19.8 Å². The molecule has 2 amide bonds. The van der Waals surface area contributed by atoms with Crippen molar-refractivity contribution in [3.63, 3.8) is 0 Å². The largest absolute Gasteiger partial charge is 0.450 e. The lowest BCUT2D eigenvalue weighted by Gasteiger charge is -2.30. The Labute approximate surface area is 152 Å². The van der Waals surface area contributed by atoms with E-state index in [1.807, 2.05) is 26.0 Å². The number of nitrogens with one attached hydrogen (secondary N) is 1. The second kappa shape index (κ2) is 6.33. The van der Waals surface area contributed by atoms with Crippen molar-refractivity contribution in [2.24, 2.45) is 0 Å². The maximum atomic E-state index is 12.9. The van der Waals surface area contributed by atoms with E-state index in [9.17, 15) is 9.59 Å². The lowest BCUT2D eigenvalue weighted by atomic mass is 10.0. The van der Waals surface area contributed by atoms with Crippen LogP contribution in [0.15, 0.2) is 45.0 Å². The van der Waals surface area contributed by atoms with Crippen LogP contribution in [0.3, 0.4) is 0 Å². The summed E-state index contributed by atoms with van der Waals surface area (Å²) in [5.41, 5.74) is 2.56. The lowest BCUT2D eigenvalue weighted by Crippen LogP contribution is -2.54. The number of carbonyl (C=O) groups is 2. The molecule has 5 nitrogen and oxygen atoms in total. The normalized spacial score (nSPS) is 16.7. The number of hydrogen-bond donors (Lipinski definition) is 1. The molecule has 1 N–H and O–H groups in total. The van der Waals surface area contributed by atoms with Crippen LogP contribution in [-0.4, -0.2) is 16.9 Å². The third-order valence-corrected chi connectivity index (χ3v) is 4.51. The van der Waals surface area contributed by atoms with Crippen LogP contribution in [0.25, 0.3) is 6.08 Å². The highest BCUT2D eigenvalue weighted by atomic mass is 79.9. The molecular weight excluding hydrogens is 392 g/mol. The lowest BCUT2D eigenvalue weighted by molar-refractivity contribution is -0.122. The van der Waals surface area contributed by atoms with Crippen LogP contribution in [0, 0.1) is 13.8 Å². The maximum absolute atomic E-state index is 12.9. The topological polar surface area (TPSA) is 62.6 Å². The minimum Gasteiger partial charge on any atom is -0.450 e. The molecule has 0 saturated carbocycles. The fourth-order valence-electron chi connectivity index (χ4n) is 2.40. The molecule has 0 spiro atoms. The highest BCUT2D eigenvalue weighted by Crippen LogP contribution is 2.27. The number of hydrogen-bond acceptors (Lipinski definition) is 4. The monoisotopic (exact) mass is 404 g/mol. The molecule has 1 fully saturated rings. The molecule has 2 heterocycles. The quantitative estimate of drug-likeness (QED) is 0.472. The van der Waals surface area contributed by atoms with Gasteiger partial charge in [0.1, 0.15) is 11.3 Å². The van der Waals surface area contributed by atoms with Crippen molar-refractivity contribution in [1.82, 2.24) is 5.32 Å². The van der Waals surface area contributed by atoms with Crippen LogP contribution >= 0.6 is 28.1 Å². The molecule has 1 aromatic carbocycles. The predicted molar refractivity (Wildman–Crippen MR) is 98.5 cm³/mol. The molecule has 0 bridgehead atoms. The molecular formula is C17H13BrN2O3S. The number of nitrogens with zero attached hydrogens (tertiary/aromatic N) is 1. The molecule has 1 aliphatic rings. The van der Waals surface area contributed by atoms with Crippen molar-refractivity contribution in [1.29, 1.82) is 0 Å². The highest BCUT2D eigenvalue weighted by Gasteiger charge is 2.35. The van der Waals surface area contributed by atoms with Crippen LogP contribution in [0.1, 0.15) is 16.9 Å². The molecule has 122 valence electrons. The Balaban J connectivity index is 2.06. The first-order valence-electron chi connectivity index (χ1n) is 7.11. The minimum atomic E-state index is -0.543. The van der Waals surface area contributed by atoms with Crippen molar-refractivity contribution >= 4 is 56.8 Å². The summed E-state index contributed by atoms with van der Waals surface area (Å²) in [7, 11) is 0. The van der Waals surface area contributed by atoms with Crippen LogP contribution in [0.4, 0.5) is 5.69 Å². The van der Waals surface area contributed by atoms with Gasteiger partial charge in [0.25, 0.3) is 11.8 Å². The van der Waals surface area contributed by atoms with E-state index >= 15 is 0 Å². The van der Waals surface area contributed by atoms with E-state index in [-0.39, 0.29) is 10.7 Å². The molecule has 1 saturated heterocycles. The fraction of sp³-hybridized carbons (Fsp3) is 0.118. The van der Waals surface area contributed by atoms with Gasteiger partial charge in [0.2, 0.25) is 0 Å². The fourth-order valence-corrected chi connectivity index (χ4v) is 3.00. The molecule has 0 aliphatic carbocycles. The number of thiocarbonyl (C=S) groups is 1. The van der Waals surface area contributed by atoms with Gasteiger partial charge >= 0.3 is 0 Å². The number of aryl methyl sites for hydroxylation is 1. The Bertz CT molecular complexity index is 901. The first-order chi connectivity index (χ1) is 11.4. The van der Waals surface area contributed by atoms with Crippen LogP contribution in [0.5, 0.6) is 0 Å². The van der Waals surface area contributed by atoms with Gasteiger partial charge in [0, 0.05) is 0 Å². The van der Waals surface area contributed by atoms with Gasteiger partial charge < -0.3 is 4.42 Å². The van der Waals surface area contributed by atoms with Crippen molar-refractivity contribution in [3.8, 4) is 0 Å². The summed E-state index contributed by atoms with van der Waals surface area (Å²) in [6, 6.07) is 8.94. The molecule has 0 unspecified atom stereocenters. The van der Waals surface area contributed by atoms with Gasteiger partial charge in [-0.25, -0.2) is 0 Å². The zero-order chi connectivity index (χ0) is 17.4. The van der Waals surface area contributed by atoms with Crippen LogP contribution in [0.2, 0.25) is 0 Å². The van der Waals surface area contributed by atoms with E-state index in [1.165, 1.54) is 11.0 Å². The molecule has 2 aromatic rings. The number of halogens is 1. The van der Waals surface area contributed by atoms with Crippen LogP contribution in [-0.2, 0) is 9.59 Å². The van der Waals surface area contributed by atoms with E-state index in [1.54, 1.807) is 18.2 Å². The van der Waals surface area contributed by atoms with E-state index in [0.29, 0.717) is 16.1 Å². The molecule has 0 atom stereocenters. The van der Waals surface area contributed by atoms with Gasteiger partial charge in [-0.15, -0.1) is 0 Å². The van der Waals surface area contributed by atoms with Crippen molar-refractivity contribution in [2.45, 2.75) is 13.8 Å². The van der Waals surface area contributed by atoms with E-state index < -0.39 is 11.8 Å². The summed E-state index contributed by atoms with van der Waals surface area (Å²) in [6.07, 6.45) is 1.41. The highest BCUT2D eigenvalue weighted by molar-refractivity contribution is 9.10. The summed E-state index contributed by atoms with van der Waals surface area (Å²) in [4.78, 5) is 26.4. The summed E-state index contributed by atoms with van der Waals surface area (Å²) in [6.45, 7) is 3.86. The van der Waals surface area contributed by atoms with E-state index in [0.717, 1.165) is 11.1 Å². The second-order valence-corrected chi connectivity index (χ2v) is 6.49. The molecule has 1 aliphatic heterocycles. The number of rotatable bonds is 2. The van der Waals surface area contributed by atoms with Gasteiger partial charge in [0.15, 0.2) is 9.78 Å². The zero-order valence-corrected chi connectivity index (χ0v) is 15.3. The Kier molecular flexibility index (Phi) is 4.38. The SMILES string of the molecule is Cc1cccc(N2C(=O)/C(=C/c3ccc(Br)o3)C(=O)NC2=S)c1C. The summed E-state index contributed by atoms with van der Waals surface area (Å²) >= 11 is 8.39. The maximum Gasteiger partial charge on any atom is 0.270 e. The average Bonchev–Trinajstić information content (AvgIpc) is 2.93. The number of furan rings is 1.